The lowest BCUT2D eigenvalue weighted by molar-refractivity contribution is -0.116. The summed E-state index contributed by atoms with van der Waals surface area (Å²) in [5.41, 5.74) is 1.64. The number of anilines is 1. The van der Waals surface area contributed by atoms with E-state index >= 15 is 0 Å². The molecule has 0 bridgehead atoms. The summed E-state index contributed by atoms with van der Waals surface area (Å²) in [6.07, 6.45) is 2.33. The van der Waals surface area contributed by atoms with Crippen LogP contribution in [0.3, 0.4) is 0 Å². The normalized spacial score (nSPS) is 12.7. The molecule has 1 aromatic carbocycles. The first-order valence-electron chi connectivity index (χ1n) is 11.4. The van der Waals surface area contributed by atoms with E-state index in [1.807, 2.05) is 40.7 Å². The molecule has 7 heteroatoms. The highest BCUT2D eigenvalue weighted by atomic mass is 16.5. The molecule has 0 atom stereocenters. The van der Waals surface area contributed by atoms with Gasteiger partial charge in [-0.05, 0) is 31.1 Å². The Labute approximate surface area is 193 Å². The molecule has 1 aliphatic carbocycles. The summed E-state index contributed by atoms with van der Waals surface area (Å²) in [6, 6.07) is 4.83. The maximum absolute atomic E-state index is 12.2. The van der Waals surface area contributed by atoms with E-state index in [9.17, 15) is 14.7 Å². The number of rotatable bonds is 9. The van der Waals surface area contributed by atoms with Crippen LogP contribution in [0.2, 0.25) is 0 Å². The second-order valence-corrected chi connectivity index (χ2v) is 7.14. The number of hydrogen-bond donors (Lipinski definition) is 3. The van der Waals surface area contributed by atoms with Gasteiger partial charge >= 0.3 is 0 Å². The van der Waals surface area contributed by atoms with Gasteiger partial charge in [0.15, 0.2) is 11.5 Å². The molecule has 0 fully saturated rings. The number of ketones is 1. The lowest BCUT2D eigenvalue weighted by atomic mass is 9.98. The summed E-state index contributed by atoms with van der Waals surface area (Å²) in [6.45, 7) is 15.1. The first kappa shape index (κ1) is 29.0. The zero-order valence-corrected chi connectivity index (χ0v) is 21.1. The van der Waals surface area contributed by atoms with Crippen LogP contribution < -0.4 is 10.6 Å². The van der Waals surface area contributed by atoms with Crippen molar-refractivity contribution in [1.29, 1.82) is 0 Å². The molecule has 0 radical (unpaired) electrons. The number of nitrogens with zero attached hydrogens (tertiary/aromatic N) is 1. The van der Waals surface area contributed by atoms with E-state index in [-0.39, 0.29) is 23.0 Å². The first-order chi connectivity index (χ1) is 15.2. The number of Topliss-reactive ketones (excluding diaryl/α,β-unsaturated/α-hetero) is 1. The summed E-state index contributed by atoms with van der Waals surface area (Å²) in [7, 11) is 3.23. The van der Waals surface area contributed by atoms with Gasteiger partial charge < -0.3 is 25.4 Å². The Morgan fingerprint density at radius 3 is 2.34 bits per heavy atom. The van der Waals surface area contributed by atoms with Crippen molar-refractivity contribution in [3.63, 3.8) is 0 Å². The van der Waals surface area contributed by atoms with Crippen LogP contribution in [-0.4, -0.2) is 48.9 Å². The van der Waals surface area contributed by atoms with Crippen LogP contribution in [0, 0.1) is 5.92 Å². The number of carbonyl (C=O) groups excluding carboxylic acids is 2. The standard InChI is InChI=1S/C21H29N3O4.2C2H6/c1-6-28-14(10-13(2)3)12-22-17-11-18(25)19(17)23-16-9-7-8-15(20(16)26)21(27)24(4)5;2*1-2/h7-10,13,22-23,26H,6,11-12H2,1-5H3;2*1-2H3/b14-10-;;. The van der Waals surface area contributed by atoms with E-state index in [4.69, 9.17) is 4.74 Å². The van der Waals surface area contributed by atoms with Crippen molar-refractivity contribution in [3.8, 4) is 5.75 Å². The molecular formula is C25H41N3O4. The zero-order valence-electron chi connectivity index (χ0n) is 21.1. The maximum atomic E-state index is 12.2. The molecule has 7 nitrogen and oxygen atoms in total. The lowest BCUT2D eigenvalue weighted by Crippen LogP contribution is -2.33. The monoisotopic (exact) mass is 447 g/mol. The lowest BCUT2D eigenvalue weighted by Gasteiger charge is -2.26. The minimum Gasteiger partial charge on any atom is -0.505 e. The molecule has 1 aliphatic rings. The molecule has 0 saturated carbocycles. The van der Waals surface area contributed by atoms with Gasteiger partial charge in [-0.25, -0.2) is 0 Å². The van der Waals surface area contributed by atoms with Crippen LogP contribution >= 0.6 is 0 Å². The number of amides is 1. The van der Waals surface area contributed by atoms with E-state index in [0.717, 1.165) is 11.5 Å². The van der Waals surface area contributed by atoms with Crippen LogP contribution in [0.1, 0.15) is 65.2 Å². The van der Waals surface area contributed by atoms with Gasteiger partial charge in [0.05, 0.1) is 30.8 Å². The molecule has 32 heavy (non-hydrogen) atoms. The van der Waals surface area contributed by atoms with Gasteiger partial charge in [-0.2, -0.15) is 0 Å². The molecule has 0 heterocycles. The molecule has 0 saturated heterocycles. The SMILES string of the molecule is CC.CC.CCO/C(=C\C(C)C)CNC1=C(Nc2cccc(C(=O)N(C)C)c2O)C(=O)C1. The third-order valence-electron chi connectivity index (χ3n) is 4.18. The van der Waals surface area contributed by atoms with Gasteiger partial charge in [0.2, 0.25) is 0 Å². The topological polar surface area (TPSA) is 90.9 Å². The molecule has 1 amide bonds. The van der Waals surface area contributed by atoms with Crippen molar-refractivity contribution in [2.75, 3.05) is 32.6 Å². The van der Waals surface area contributed by atoms with Crippen molar-refractivity contribution in [2.45, 2.75) is 54.9 Å². The molecule has 0 spiro atoms. The number of hydrogen-bond acceptors (Lipinski definition) is 6. The van der Waals surface area contributed by atoms with Gasteiger partial charge in [0.1, 0.15) is 11.5 Å². The number of allylic oxidation sites excluding steroid dienone is 3. The Morgan fingerprint density at radius 2 is 1.84 bits per heavy atom. The molecule has 180 valence electrons. The summed E-state index contributed by atoms with van der Waals surface area (Å²) >= 11 is 0. The van der Waals surface area contributed by atoms with Gasteiger partial charge in [-0.3, -0.25) is 9.59 Å². The Balaban J connectivity index is 0.00000227. The average molecular weight is 448 g/mol. The van der Waals surface area contributed by atoms with Crippen molar-refractivity contribution in [2.24, 2.45) is 5.92 Å². The van der Waals surface area contributed by atoms with Crippen LogP contribution in [0.4, 0.5) is 5.69 Å². The summed E-state index contributed by atoms with van der Waals surface area (Å²) in [5.74, 6) is 0.630. The fraction of sp³-hybridized carbons (Fsp3) is 0.520. The Morgan fingerprint density at radius 1 is 1.22 bits per heavy atom. The zero-order chi connectivity index (χ0) is 24.8. The number of phenols is 1. The second kappa shape index (κ2) is 14.9. The molecule has 0 unspecified atom stereocenters. The van der Waals surface area contributed by atoms with E-state index in [2.05, 4.69) is 24.5 Å². The fourth-order valence-corrected chi connectivity index (χ4v) is 2.80. The molecule has 0 aromatic heterocycles. The maximum Gasteiger partial charge on any atom is 0.257 e. The molecular weight excluding hydrogens is 406 g/mol. The number of carbonyl (C=O) groups is 2. The number of phenolic OH excluding ortho intramolecular Hbond substituents is 1. The van der Waals surface area contributed by atoms with Crippen molar-refractivity contribution in [3.05, 3.63) is 47.0 Å². The Hall–Kier alpha value is -2.96. The summed E-state index contributed by atoms with van der Waals surface area (Å²) in [4.78, 5) is 25.6. The van der Waals surface area contributed by atoms with Crippen molar-refractivity contribution < 1.29 is 19.4 Å². The molecule has 0 aliphatic heterocycles. The largest absolute Gasteiger partial charge is 0.505 e. The Bertz CT molecular complexity index is 811. The number of para-hydroxylation sites is 1. The molecule has 2 rings (SSSR count). The van der Waals surface area contributed by atoms with E-state index in [1.54, 1.807) is 32.3 Å². The Kier molecular flexibility index (Phi) is 13.6. The van der Waals surface area contributed by atoms with E-state index in [0.29, 0.717) is 36.9 Å². The molecule has 1 aromatic rings. The predicted octanol–water partition coefficient (Wildman–Crippen LogP) is 4.91. The van der Waals surface area contributed by atoms with Gasteiger partial charge in [0, 0.05) is 19.8 Å². The average Bonchev–Trinajstić information content (AvgIpc) is 2.77. The third-order valence-corrected chi connectivity index (χ3v) is 4.18. The van der Waals surface area contributed by atoms with Gasteiger partial charge in [-0.15, -0.1) is 0 Å². The second-order valence-electron chi connectivity index (χ2n) is 7.14. The fourth-order valence-electron chi connectivity index (χ4n) is 2.80. The van der Waals surface area contributed by atoms with Gasteiger partial charge in [0.25, 0.3) is 5.91 Å². The van der Waals surface area contributed by atoms with Gasteiger partial charge in [-0.1, -0.05) is 47.6 Å². The smallest absolute Gasteiger partial charge is 0.257 e. The van der Waals surface area contributed by atoms with Crippen LogP contribution in [0.5, 0.6) is 5.75 Å². The van der Waals surface area contributed by atoms with Crippen LogP contribution in [-0.2, 0) is 9.53 Å². The third kappa shape index (κ3) is 8.29. The quantitative estimate of drug-likeness (QED) is 0.368. The van der Waals surface area contributed by atoms with Crippen molar-refractivity contribution >= 4 is 17.4 Å². The highest BCUT2D eigenvalue weighted by Gasteiger charge is 2.28. The van der Waals surface area contributed by atoms with Crippen LogP contribution in [0.25, 0.3) is 0 Å². The minimum absolute atomic E-state index is 0.0583. The van der Waals surface area contributed by atoms with Crippen molar-refractivity contribution in [1.82, 2.24) is 10.2 Å². The van der Waals surface area contributed by atoms with E-state index in [1.165, 1.54) is 4.90 Å². The number of benzene rings is 1. The highest BCUT2D eigenvalue weighted by molar-refractivity contribution is 6.07. The molecule has 3 N–H and O–H groups in total. The number of aromatic hydroxyl groups is 1. The van der Waals surface area contributed by atoms with E-state index < -0.39 is 0 Å². The number of ether oxygens (including phenoxy) is 1. The predicted molar refractivity (Wildman–Crippen MR) is 132 cm³/mol. The first-order valence-corrected chi connectivity index (χ1v) is 11.4. The summed E-state index contributed by atoms with van der Waals surface area (Å²) < 4.78 is 5.62. The summed E-state index contributed by atoms with van der Waals surface area (Å²) in [5, 5.41) is 16.6. The minimum atomic E-state index is -0.311. The number of nitrogens with one attached hydrogen (secondary N) is 2. The van der Waals surface area contributed by atoms with Crippen LogP contribution in [0.15, 0.2) is 41.4 Å². The highest BCUT2D eigenvalue weighted by Crippen LogP contribution is 2.32.